The van der Waals surface area contributed by atoms with Crippen LogP contribution in [-0.4, -0.2) is 15.0 Å². The second kappa shape index (κ2) is 5.98. The smallest absolute Gasteiger partial charge is 0.242 e. The Morgan fingerprint density at radius 2 is 2.00 bits per heavy atom. The van der Waals surface area contributed by atoms with E-state index in [2.05, 4.69) is 20.7 Å². The summed E-state index contributed by atoms with van der Waals surface area (Å²) < 4.78 is 46.6. The largest absolute Gasteiger partial charge is 0.493 e. The lowest BCUT2D eigenvalue weighted by atomic mass is 10.0. The molecule has 2 aromatic carbocycles. The number of hydrogen-bond acceptors (Lipinski definition) is 3. The first-order valence-corrected chi connectivity index (χ1v) is 8.94. The van der Waals surface area contributed by atoms with Gasteiger partial charge in [-0.3, -0.25) is 0 Å². The van der Waals surface area contributed by atoms with Crippen LogP contribution in [0, 0.1) is 5.82 Å². The monoisotopic (exact) mass is 385 g/mol. The maximum absolute atomic E-state index is 13.1. The Kier molecular flexibility index (Phi) is 4.20. The van der Waals surface area contributed by atoms with Gasteiger partial charge in [0.25, 0.3) is 0 Å². The molecule has 0 spiro atoms. The molecule has 0 saturated heterocycles. The molecular formula is C15H13BrFNO3S. The number of fused-ring (bicyclic) bond motifs is 1. The predicted molar refractivity (Wildman–Crippen MR) is 83.7 cm³/mol. The number of ether oxygens (including phenoxy) is 1. The topological polar surface area (TPSA) is 55.4 Å². The van der Waals surface area contributed by atoms with Gasteiger partial charge in [-0.15, -0.1) is 0 Å². The molecule has 1 aliphatic heterocycles. The van der Waals surface area contributed by atoms with Crippen LogP contribution in [0.2, 0.25) is 0 Å². The van der Waals surface area contributed by atoms with Crippen LogP contribution in [0.3, 0.4) is 0 Å². The minimum absolute atomic E-state index is 0.0119. The summed E-state index contributed by atoms with van der Waals surface area (Å²) in [5.74, 6) is 0.182. The van der Waals surface area contributed by atoms with Gasteiger partial charge in [0.15, 0.2) is 0 Å². The number of para-hydroxylation sites is 1. The third-order valence-corrected chi connectivity index (χ3v) is 5.89. The van der Waals surface area contributed by atoms with Gasteiger partial charge in [0.1, 0.15) is 11.6 Å². The first-order valence-electron chi connectivity index (χ1n) is 6.66. The van der Waals surface area contributed by atoms with Crippen LogP contribution < -0.4 is 9.46 Å². The lowest BCUT2D eigenvalue weighted by molar-refractivity contribution is 0.263. The van der Waals surface area contributed by atoms with E-state index < -0.39 is 15.8 Å². The molecule has 1 N–H and O–H groups in total. The number of rotatable bonds is 3. The van der Waals surface area contributed by atoms with Crippen molar-refractivity contribution >= 4 is 26.0 Å². The van der Waals surface area contributed by atoms with Gasteiger partial charge >= 0.3 is 0 Å². The highest BCUT2D eigenvalue weighted by Gasteiger charge is 2.27. The molecule has 3 rings (SSSR count). The van der Waals surface area contributed by atoms with Crippen molar-refractivity contribution in [3.05, 3.63) is 58.3 Å². The zero-order chi connectivity index (χ0) is 15.7. The summed E-state index contributed by atoms with van der Waals surface area (Å²) in [6.45, 7) is 0.439. The van der Waals surface area contributed by atoms with Crippen LogP contribution in [-0.2, 0) is 10.0 Å². The van der Waals surface area contributed by atoms with Gasteiger partial charge in [0.05, 0.1) is 17.5 Å². The molecule has 1 aliphatic rings. The molecule has 1 heterocycles. The van der Waals surface area contributed by atoms with Crippen LogP contribution in [0.15, 0.2) is 51.8 Å². The van der Waals surface area contributed by atoms with Crippen molar-refractivity contribution in [3.8, 4) is 5.75 Å². The van der Waals surface area contributed by atoms with E-state index in [-0.39, 0.29) is 15.4 Å². The first kappa shape index (κ1) is 15.5. The van der Waals surface area contributed by atoms with E-state index in [4.69, 9.17) is 4.74 Å². The van der Waals surface area contributed by atoms with E-state index >= 15 is 0 Å². The van der Waals surface area contributed by atoms with E-state index in [1.807, 2.05) is 24.3 Å². The summed E-state index contributed by atoms with van der Waals surface area (Å²) in [6, 6.07) is 10.4. The Labute approximate surface area is 136 Å². The fraction of sp³-hybridized carbons (Fsp3) is 0.200. The highest BCUT2D eigenvalue weighted by molar-refractivity contribution is 9.10. The van der Waals surface area contributed by atoms with Crippen molar-refractivity contribution in [3.63, 3.8) is 0 Å². The summed E-state index contributed by atoms with van der Waals surface area (Å²) in [6.07, 6.45) is 0.537. The van der Waals surface area contributed by atoms with Crippen molar-refractivity contribution in [2.24, 2.45) is 0 Å². The van der Waals surface area contributed by atoms with Gasteiger partial charge in [0, 0.05) is 16.5 Å². The van der Waals surface area contributed by atoms with Crippen LogP contribution in [0.1, 0.15) is 18.0 Å². The van der Waals surface area contributed by atoms with Crippen LogP contribution in [0.4, 0.5) is 4.39 Å². The molecule has 2 aromatic rings. The molecule has 0 aromatic heterocycles. The number of benzene rings is 2. The SMILES string of the molecule is O=S(=O)(NC1CCOc2ccccc21)c1ccc(F)cc1Br. The molecule has 0 radical (unpaired) electrons. The fourth-order valence-corrected chi connectivity index (χ4v) is 4.71. The summed E-state index contributed by atoms with van der Waals surface area (Å²) in [7, 11) is -3.77. The molecule has 7 heteroatoms. The molecule has 4 nitrogen and oxygen atoms in total. The average Bonchev–Trinajstić information content (AvgIpc) is 2.47. The summed E-state index contributed by atoms with van der Waals surface area (Å²) in [4.78, 5) is 0.0119. The first-order chi connectivity index (χ1) is 10.5. The van der Waals surface area contributed by atoms with Gasteiger partial charge in [-0.25, -0.2) is 17.5 Å². The number of halogens is 2. The Morgan fingerprint density at radius 1 is 1.23 bits per heavy atom. The minimum Gasteiger partial charge on any atom is -0.493 e. The molecule has 0 bridgehead atoms. The van der Waals surface area contributed by atoms with Gasteiger partial charge < -0.3 is 4.74 Å². The van der Waals surface area contributed by atoms with Crippen LogP contribution >= 0.6 is 15.9 Å². The third kappa shape index (κ3) is 3.02. The molecule has 0 amide bonds. The molecule has 1 unspecified atom stereocenters. The lowest BCUT2D eigenvalue weighted by Crippen LogP contribution is -2.32. The predicted octanol–water partition coefficient (Wildman–Crippen LogP) is 3.39. The van der Waals surface area contributed by atoms with E-state index in [1.54, 1.807) is 0 Å². The quantitative estimate of drug-likeness (QED) is 0.880. The van der Waals surface area contributed by atoms with Crippen molar-refractivity contribution in [2.75, 3.05) is 6.61 Å². The Balaban J connectivity index is 1.93. The normalized spacial score (nSPS) is 17.6. The van der Waals surface area contributed by atoms with Gasteiger partial charge in [-0.05, 0) is 40.2 Å². The summed E-state index contributed by atoms with van der Waals surface area (Å²) in [5.41, 5.74) is 0.801. The van der Waals surface area contributed by atoms with Crippen molar-refractivity contribution in [1.29, 1.82) is 0 Å². The summed E-state index contributed by atoms with van der Waals surface area (Å²) >= 11 is 3.10. The zero-order valence-corrected chi connectivity index (χ0v) is 13.8. The Hall–Kier alpha value is -1.44. The molecule has 0 saturated carbocycles. The number of sulfonamides is 1. The maximum Gasteiger partial charge on any atom is 0.242 e. The van der Waals surface area contributed by atoms with Crippen LogP contribution in [0.25, 0.3) is 0 Å². The van der Waals surface area contributed by atoms with Crippen molar-refractivity contribution in [1.82, 2.24) is 4.72 Å². The van der Waals surface area contributed by atoms with Gasteiger partial charge in [-0.2, -0.15) is 0 Å². The molecule has 0 fully saturated rings. The number of hydrogen-bond donors (Lipinski definition) is 1. The molecule has 22 heavy (non-hydrogen) atoms. The molecule has 116 valence electrons. The maximum atomic E-state index is 13.1. The van der Waals surface area contributed by atoms with Gasteiger partial charge in [0.2, 0.25) is 10.0 Å². The average molecular weight is 386 g/mol. The lowest BCUT2D eigenvalue weighted by Gasteiger charge is -2.26. The fourth-order valence-electron chi connectivity index (χ4n) is 2.41. The number of nitrogens with one attached hydrogen (secondary N) is 1. The highest BCUT2D eigenvalue weighted by Crippen LogP contribution is 2.33. The van der Waals surface area contributed by atoms with Crippen molar-refractivity contribution in [2.45, 2.75) is 17.4 Å². The third-order valence-electron chi connectivity index (χ3n) is 3.44. The van der Waals surface area contributed by atoms with E-state index in [9.17, 15) is 12.8 Å². The van der Waals surface area contributed by atoms with E-state index in [0.717, 1.165) is 17.7 Å². The molecular weight excluding hydrogens is 373 g/mol. The second-order valence-electron chi connectivity index (χ2n) is 4.92. The highest BCUT2D eigenvalue weighted by atomic mass is 79.9. The van der Waals surface area contributed by atoms with Crippen molar-refractivity contribution < 1.29 is 17.5 Å². The van der Waals surface area contributed by atoms with E-state index in [0.29, 0.717) is 18.8 Å². The van der Waals surface area contributed by atoms with Gasteiger partial charge in [-0.1, -0.05) is 18.2 Å². The Bertz CT molecular complexity index is 810. The Morgan fingerprint density at radius 3 is 2.77 bits per heavy atom. The molecule has 0 aliphatic carbocycles. The summed E-state index contributed by atoms with van der Waals surface area (Å²) in [5, 5.41) is 0. The minimum atomic E-state index is -3.77. The second-order valence-corrected chi connectivity index (χ2v) is 7.46. The van der Waals surface area contributed by atoms with E-state index in [1.165, 1.54) is 6.07 Å². The van der Waals surface area contributed by atoms with Crippen LogP contribution in [0.5, 0.6) is 5.75 Å². The molecule has 1 atom stereocenters. The zero-order valence-electron chi connectivity index (χ0n) is 11.4. The standard InChI is InChI=1S/C15H13BrFNO3S/c16-12-9-10(17)5-6-15(12)22(19,20)18-13-7-8-21-14-4-2-1-3-11(13)14/h1-6,9,13,18H,7-8H2.